The van der Waals surface area contributed by atoms with E-state index in [1.165, 1.54) is 11.3 Å². The monoisotopic (exact) mass is 271 g/mol. The molecule has 0 spiro atoms. The molecule has 0 bridgehead atoms. The van der Waals surface area contributed by atoms with Crippen LogP contribution in [0.3, 0.4) is 0 Å². The molecular weight excluding hydrogens is 254 g/mol. The first-order chi connectivity index (χ1) is 8.20. The molecule has 1 aliphatic heterocycles. The molecule has 0 saturated carbocycles. The number of rotatable bonds is 4. The van der Waals surface area contributed by atoms with E-state index in [-0.39, 0.29) is 12.0 Å². The minimum atomic E-state index is 0.0910. The maximum atomic E-state index is 12.2. The highest BCUT2D eigenvalue weighted by molar-refractivity contribution is 7.80. The second-order valence-corrected chi connectivity index (χ2v) is 5.58. The molecule has 1 fully saturated rings. The van der Waals surface area contributed by atoms with E-state index in [4.69, 9.17) is 4.74 Å². The van der Waals surface area contributed by atoms with Crippen LogP contribution < -0.4 is 0 Å². The minimum Gasteiger partial charge on any atom is -0.376 e. The number of nitrogens with zero attached hydrogens (tertiary/aromatic N) is 1. The van der Waals surface area contributed by atoms with Crippen molar-refractivity contribution in [2.24, 2.45) is 0 Å². The van der Waals surface area contributed by atoms with E-state index in [0.717, 1.165) is 35.8 Å². The van der Waals surface area contributed by atoms with E-state index in [1.54, 1.807) is 0 Å². The normalized spacial score (nSPS) is 19.5. The van der Waals surface area contributed by atoms with Gasteiger partial charge in [-0.15, -0.1) is 24.0 Å². The molecule has 0 N–H and O–H groups in total. The van der Waals surface area contributed by atoms with Crippen LogP contribution in [0.1, 0.15) is 29.4 Å². The summed E-state index contributed by atoms with van der Waals surface area (Å²) in [5, 5.41) is 1.89. The number of hydrogen-bond donors (Lipinski definition) is 1. The van der Waals surface area contributed by atoms with Crippen molar-refractivity contribution in [1.29, 1.82) is 0 Å². The molecule has 1 aromatic heterocycles. The molecule has 94 valence electrons. The molecule has 0 radical (unpaired) electrons. The standard InChI is InChI=1S/C12H17NO2S2/c1-2-13(7-9-4-3-5-15-9)12(14)11-6-10(16)8-17-11/h6,8-9,16H,2-5,7H2,1H3. The van der Waals surface area contributed by atoms with Crippen LogP contribution in [-0.2, 0) is 4.74 Å². The quantitative estimate of drug-likeness (QED) is 0.853. The van der Waals surface area contributed by atoms with Gasteiger partial charge in [0.05, 0.1) is 11.0 Å². The van der Waals surface area contributed by atoms with Crippen molar-refractivity contribution in [1.82, 2.24) is 4.90 Å². The van der Waals surface area contributed by atoms with Gasteiger partial charge in [0.15, 0.2) is 0 Å². The molecule has 1 aromatic rings. The lowest BCUT2D eigenvalue weighted by Crippen LogP contribution is -2.36. The number of hydrogen-bond acceptors (Lipinski definition) is 4. The van der Waals surface area contributed by atoms with Gasteiger partial charge in [0.25, 0.3) is 5.91 Å². The molecule has 2 heterocycles. The van der Waals surface area contributed by atoms with Crippen LogP contribution in [0.25, 0.3) is 0 Å². The molecule has 2 rings (SSSR count). The van der Waals surface area contributed by atoms with Gasteiger partial charge in [-0.1, -0.05) is 0 Å². The first-order valence-corrected chi connectivity index (χ1v) is 7.21. The zero-order valence-electron chi connectivity index (χ0n) is 9.89. The number of ether oxygens (including phenoxy) is 1. The fourth-order valence-electron chi connectivity index (χ4n) is 1.98. The van der Waals surface area contributed by atoms with Gasteiger partial charge in [-0.25, -0.2) is 0 Å². The smallest absolute Gasteiger partial charge is 0.264 e. The second-order valence-electron chi connectivity index (χ2n) is 4.15. The van der Waals surface area contributed by atoms with Crippen LogP contribution in [-0.4, -0.2) is 36.6 Å². The summed E-state index contributed by atoms with van der Waals surface area (Å²) in [4.78, 5) is 15.7. The summed E-state index contributed by atoms with van der Waals surface area (Å²) >= 11 is 5.68. The van der Waals surface area contributed by atoms with E-state index < -0.39 is 0 Å². The van der Waals surface area contributed by atoms with E-state index in [1.807, 2.05) is 23.3 Å². The lowest BCUT2D eigenvalue weighted by Gasteiger charge is -2.23. The predicted molar refractivity (Wildman–Crippen MR) is 72.1 cm³/mol. The van der Waals surface area contributed by atoms with Crippen LogP contribution in [0.2, 0.25) is 0 Å². The fraction of sp³-hybridized carbons (Fsp3) is 0.583. The first kappa shape index (κ1) is 12.9. The SMILES string of the molecule is CCN(CC1CCCO1)C(=O)c1cc(S)cs1. The van der Waals surface area contributed by atoms with Gasteiger partial charge < -0.3 is 9.64 Å². The van der Waals surface area contributed by atoms with Crippen LogP contribution in [0.15, 0.2) is 16.3 Å². The van der Waals surface area contributed by atoms with Crippen LogP contribution in [0, 0.1) is 0 Å². The maximum absolute atomic E-state index is 12.2. The molecule has 17 heavy (non-hydrogen) atoms. The fourth-order valence-corrected chi connectivity index (χ4v) is 3.10. The van der Waals surface area contributed by atoms with Crippen molar-refractivity contribution >= 4 is 29.9 Å². The van der Waals surface area contributed by atoms with E-state index in [9.17, 15) is 4.79 Å². The van der Waals surface area contributed by atoms with Gasteiger partial charge in [-0.3, -0.25) is 4.79 Å². The average molecular weight is 271 g/mol. The highest BCUT2D eigenvalue weighted by atomic mass is 32.1. The molecule has 1 aliphatic rings. The summed E-state index contributed by atoms with van der Waals surface area (Å²) in [5.41, 5.74) is 0. The Morgan fingerprint density at radius 3 is 3.06 bits per heavy atom. The number of carbonyl (C=O) groups excluding carboxylic acids is 1. The van der Waals surface area contributed by atoms with Gasteiger partial charge in [0.2, 0.25) is 0 Å². The highest BCUT2D eigenvalue weighted by Crippen LogP contribution is 2.20. The van der Waals surface area contributed by atoms with E-state index >= 15 is 0 Å². The largest absolute Gasteiger partial charge is 0.376 e. The Kier molecular flexibility index (Phi) is 4.48. The average Bonchev–Trinajstić information content (AvgIpc) is 2.96. The molecule has 5 heteroatoms. The maximum Gasteiger partial charge on any atom is 0.264 e. The van der Waals surface area contributed by atoms with Gasteiger partial charge in [-0.05, 0) is 25.8 Å². The molecule has 1 saturated heterocycles. The summed E-state index contributed by atoms with van der Waals surface area (Å²) in [6.45, 7) is 4.26. The topological polar surface area (TPSA) is 29.5 Å². The third kappa shape index (κ3) is 3.24. The molecule has 1 unspecified atom stereocenters. The number of carbonyl (C=O) groups is 1. The zero-order chi connectivity index (χ0) is 12.3. The Hall–Kier alpha value is -0.520. The van der Waals surface area contributed by atoms with Crippen molar-refractivity contribution in [3.05, 3.63) is 16.3 Å². The third-order valence-corrected chi connectivity index (χ3v) is 4.26. The number of likely N-dealkylation sites (N-methyl/N-ethyl adjacent to an activating group) is 1. The van der Waals surface area contributed by atoms with Crippen LogP contribution in [0.4, 0.5) is 0 Å². The van der Waals surface area contributed by atoms with Crippen molar-refractivity contribution in [2.45, 2.75) is 30.8 Å². The number of thiophene rings is 1. The predicted octanol–water partition coefficient (Wildman–Crippen LogP) is 2.68. The lowest BCUT2D eigenvalue weighted by atomic mass is 10.2. The van der Waals surface area contributed by atoms with Crippen molar-refractivity contribution in [2.75, 3.05) is 19.7 Å². The minimum absolute atomic E-state index is 0.0910. The van der Waals surface area contributed by atoms with Crippen molar-refractivity contribution < 1.29 is 9.53 Å². The third-order valence-electron chi connectivity index (χ3n) is 2.91. The Bertz CT molecular complexity index is 386. The molecule has 3 nitrogen and oxygen atoms in total. The second kappa shape index (κ2) is 5.89. The Morgan fingerprint density at radius 2 is 2.53 bits per heavy atom. The first-order valence-electron chi connectivity index (χ1n) is 5.89. The van der Waals surface area contributed by atoms with Crippen LogP contribution >= 0.6 is 24.0 Å². The number of amides is 1. The summed E-state index contributed by atoms with van der Waals surface area (Å²) < 4.78 is 5.57. The van der Waals surface area contributed by atoms with Crippen LogP contribution in [0.5, 0.6) is 0 Å². The Morgan fingerprint density at radius 1 is 1.71 bits per heavy atom. The Labute approximate surface area is 111 Å². The van der Waals surface area contributed by atoms with Gasteiger partial charge in [0.1, 0.15) is 0 Å². The molecule has 0 aromatic carbocycles. The molecule has 1 amide bonds. The van der Waals surface area contributed by atoms with Crippen molar-refractivity contribution in [3.8, 4) is 0 Å². The highest BCUT2D eigenvalue weighted by Gasteiger charge is 2.22. The molecule has 0 aliphatic carbocycles. The molecule has 1 atom stereocenters. The number of thiol groups is 1. The summed E-state index contributed by atoms with van der Waals surface area (Å²) in [6.07, 6.45) is 2.39. The summed E-state index contributed by atoms with van der Waals surface area (Å²) in [6, 6.07) is 1.83. The molecular formula is C12H17NO2S2. The van der Waals surface area contributed by atoms with Gasteiger partial charge >= 0.3 is 0 Å². The van der Waals surface area contributed by atoms with E-state index in [2.05, 4.69) is 12.6 Å². The van der Waals surface area contributed by atoms with E-state index in [0.29, 0.717) is 6.54 Å². The Balaban J connectivity index is 1.99. The summed E-state index contributed by atoms with van der Waals surface area (Å²) in [5.74, 6) is 0.0910. The van der Waals surface area contributed by atoms with Gasteiger partial charge in [0, 0.05) is 30.0 Å². The van der Waals surface area contributed by atoms with Gasteiger partial charge in [-0.2, -0.15) is 0 Å². The zero-order valence-corrected chi connectivity index (χ0v) is 11.6. The summed E-state index contributed by atoms with van der Waals surface area (Å²) in [7, 11) is 0. The lowest BCUT2D eigenvalue weighted by molar-refractivity contribution is 0.0542. The van der Waals surface area contributed by atoms with Crippen molar-refractivity contribution in [3.63, 3.8) is 0 Å².